The first kappa shape index (κ1) is 11.8. The molecule has 0 atom stereocenters. The lowest BCUT2D eigenvalue weighted by molar-refractivity contribution is 0.0683. The second-order valence-corrected chi connectivity index (χ2v) is 4.44. The fourth-order valence-electron chi connectivity index (χ4n) is 1.53. The van der Waals surface area contributed by atoms with E-state index >= 15 is 0 Å². The van der Waals surface area contributed by atoms with Crippen molar-refractivity contribution in [3.63, 3.8) is 0 Å². The molecule has 0 saturated heterocycles. The van der Waals surface area contributed by atoms with E-state index in [-0.39, 0.29) is 5.82 Å². The van der Waals surface area contributed by atoms with E-state index in [1.807, 2.05) is 25.1 Å². The van der Waals surface area contributed by atoms with E-state index in [9.17, 15) is 4.79 Å². The highest BCUT2D eigenvalue weighted by molar-refractivity contribution is 9.10. The highest BCUT2D eigenvalue weighted by Crippen LogP contribution is 2.22. The average Bonchev–Trinajstić information content (AvgIpc) is 2.65. The van der Waals surface area contributed by atoms with Crippen molar-refractivity contribution in [1.29, 1.82) is 0 Å². The Labute approximate surface area is 106 Å². The molecule has 0 bridgehead atoms. The van der Waals surface area contributed by atoms with Gasteiger partial charge in [0, 0.05) is 4.47 Å². The second-order valence-electron chi connectivity index (χ2n) is 3.58. The summed E-state index contributed by atoms with van der Waals surface area (Å²) in [7, 11) is 0. The molecule has 6 heteroatoms. The molecular weight excluding hydrogens is 286 g/mol. The van der Waals surface area contributed by atoms with Crippen molar-refractivity contribution < 1.29 is 9.90 Å². The Kier molecular flexibility index (Phi) is 2.97. The minimum atomic E-state index is -1.13. The first-order valence-electron chi connectivity index (χ1n) is 4.93. The van der Waals surface area contributed by atoms with Crippen molar-refractivity contribution in [2.24, 2.45) is 0 Å². The monoisotopic (exact) mass is 295 g/mol. The van der Waals surface area contributed by atoms with Gasteiger partial charge in [-0.15, -0.1) is 5.10 Å². The fraction of sp³-hybridized carbons (Fsp3) is 0.182. The van der Waals surface area contributed by atoms with Gasteiger partial charge < -0.3 is 5.11 Å². The summed E-state index contributed by atoms with van der Waals surface area (Å²) in [5.41, 5.74) is 1.80. The Morgan fingerprint density at radius 3 is 2.71 bits per heavy atom. The van der Waals surface area contributed by atoms with Crippen LogP contribution in [0.5, 0.6) is 0 Å². The van der Waals surface area contributed by atoms with Crippen LogP contribution in [0.4, 0.5) is 0 Å². The van der Waals surface area contributed by atoms with Gasteiger partial charge in [-0.1, -0.05) is 22.0 Å². The van der Waals surface area contributed by atoms with E-state index in [2.05, 4.69) is 26.0 Å². The molecule has 0 unspecified atom stereocenters. The predicted molar refractivity (Wildman–Crippen MR) is 65.5 cm³/mol. The molecule has 0 amide bonds. The lowest BCUT2D eigenvalue weighted by atomic mass is 10.2. The Balaban J connectivity index is 2.60. The van der Waals surface area contributed by atoms with Crippen LogP contribution in [0.25, 0.3) is 5.69 Å². The van der Waals surface area contributed by atoms with Crippen LogP contribution < -0.4 is 0 Å². The summed E-state index contributed by atoms with van der Waals surface area (Å²) in [4.78, 5) is 14.7. The summed E-state index contributed by atoms with van der Waals surface area (Å²) in [6.07, 6.45) is 0. The summed E-state index contributed by atoms with van der Waals surface area (Å²) in [5, 5.41) is 12.8. The molecule has 0 fully saturated rings. The van der Waals surface area contributed by atoms with Crippen LogP contribution >= 0.6 is 15.9 Å². The van der Waals surface area contributed by atoms with Crippen LogP contribution in [0.2, 0.25) is 0 Å². The Morgan fingerprint density at radius 1 is 1.41 bits per heavy atom. The molecule has 2 aromatic rings. The van der Waals surface area contributed by atoms with Gasteiger partial charge in [-0.2, -0.15) is 0 Å². The number of nitrogens with zero attached hydrogens (tertiary/aromatic N) is 3. The highest BCUT2D eigenvalue weighted by atomic mass is 79.9. The SMILES string of the molecule is Cc1c(Br)cccc1-n1nc(C(=O)O)nc1C. The molecule has 0 aliphatic rings. The van der Waals surface area contributed by atoms with Crippen molar-refractivity contribution in [3.8, 4) is 5.69 Å². The molecule has 5 nitrogen and oxygen atoms in total. The number of carbonyl (C=O) groups is 1. The molecule has 1 aromatic carbocycles. The van der Waals surface area contributed by atoms with Crippen LogP contribution in [0.1, 0.15) is 22.0 Å². The normalized spacial score (nSPS) is 10.5. The van der Waals surface area contributed by atoms with E-state index in [0.717, 1.165) is 15.7 Å². The van der Waals surface area contributed by atoms with E-state index in [1.54, 1.807) is 6.92 Å². The number of rotatable bonds is 2. The number of hydrogen-bond acceptors (Lipinski definition) is 3. The number of benzene rings is 1. The van der Waals surface area contributed by atoms with Crippen molar-refractivity contribution in [2.45, 2.75) is 13.8 Å². The van der Waals surface area contributed by atoms with Crippen LogP contribution in [0.3, 0.4) is 0 Å². The third kappa shape index (κ3) is 2.08. The standard InChI is InChI=1S/C11H10BrN3O2/c1-6-8(12)4-3-5-9(6)15-7(2)13-10(14-15)11(16)17/h3-5H,1-2H3,(H,16,17). The van der Waals surface area contributed by atoms with Crippen LogP contribution in [-0.2, 0) is 0 Å². The molecular formula is C11H10BrN3O2. The number of hydrogen-bond donors (Lipinski definition) is 1. The maximum absolute atomic E-state index is 10.8. The molecule has 1 heterocycles. The van der Waals surface area contributed by atoms with Crippen LogP contribution in [0.15, 0.2) is 22.7 Å². The highest BCUT2D eigenvalue weighted by Gasteiger charge is 2.15. The lowest BCUT2D eigenvalue weighted by Crippen LogP contribution is -2.04. The minimum Gasteiger partial charge on any atom is -0.475 e. The van der Waals surface area contributed by atoms with Crippen molar-refractivity contribution >= 4 is 21.9 Å². The number of halogens is 1. The van der Waals surface area contributed by atoms with Crippen LogP contribution in [-0.4, -0.2) is 25.8 Å². The topological polar surface area (TPSA) is 68.0 Å². The van der Waals surface area contributed by atoms with E-state index in [0.29, 0.717) is 5.82 Å². The molecule has 0 saturated carbocycles. The maximum atomic E-state index is 10.8. The van der Waals surface area contributed by atoms with E-state index in [4.69, 9.17) is 5.11 Å². The third-order valence-electron chi connectivity index (χ3n) is 2.43. The van der Waals surface area contributed by atoms with Gasteiger partial charge in [0.15, 0.2) is 0 Å². The second kappa shape index (κ2) is 4.29. The van der Waals surface area contributed by atoms with Gasteiger partial charge in [-0.05, 0) is 31.5 Å². The largest absolute Gasteiger partial charge is 0.475 e. The number of aromatic carboxylic acids is 1. The summed E-state index contributed by atoms with van der Waals surface area (Å²) in [6, 6.07) is 5.66. The molecule has 0 spiro atoms. The Bertz CT molecular complexity index is 592. The number of aromatic nitrogens is 3. The number of carboxylic acid groups (broad SMARTS) is 1. The Hall–Kier alpha value is -1.69. The van der Waals surface area contributed by atoms with Gasteiger partial charge in [0.1, 0.15) is 5.82 Å². The molecule has 0 aliphatic heterocycles. The molecule has 1 N–H and O–H groups in total. The van der Waals surface area contributed by atoms with Gasteiger partial charge in [0.2, 0.25) is 0 Å². The average molecular weight is 296 g/mol. The van der Waals surface area contributed by atoms with Crippen molar-refractivity contribution in [3.05, 3.63) is 39.9 Å². The van der Waals surface area contributed by atoms with Gasteiger partial charge in [-0.25, -0.2) is 14.5 Å². The molecule has 0 radical (unpaired) electrons. The zero-order chi connectivity index (χ0) is 12.6. The van der Waals surface area contributed by atoms with Gasteiger partial charge in [-0.3, -0.25) is 0 Å². The summed E-state index contributed by atoms with van der Waals surface area (Å²) < 4.78 is 2.48. The third-order valence-corrected chi connectivity index (χ3v) is 3.29. The van der Waals surface area contributed by atoms with Gasteiger partial charge in [0.05, 0.1) is 5.69 Å². The first-order valence-corrected chi connectivity index (χ1v) is 5.72. The maximum Gasteiger partial charge on any atom is 0.375 e. The van der Waals surface area contributed by atoms with Crippen LogP contribution in [0, 0.1) is 13.8 Å². The molecule has 17 heavy (non-hydrogen) atoms. The predicted octanol–water partition coefficient (Wildman–Crippen LogP) is 2.34. The van der Waals surface area contributed by atoms with Gasteiger partial charge in [0.25, 0.3) is 5.82 Å². The summed E-state index contributed by atoms with van der Waals surface area (Å²) >= 11 is 3.43. The van der Waals surface area contributed by atoms with E-state index < -0.39 is 5.97 Å². The molecule has 88 valence electrons. The van der Waals surface area contributed by atoms with Gasteiger partial charge >= 0.3 is 5.97 Å². The van der Waals surface area contributed by atoms with Crippen molar-refractivity contribution in [1.82, 2.24) is 14.8 Å². The smallest absolute Gasteiger partial charge is 0.375 e. The summed E-state index contributed by atoms with van der Waals surface area (Å²) in [5.74, 6) is -0.773. The van der Waals surface area contributed by atoms with E-state index in [1.165, 1.54) is 4.68 Å². The number of aryl methyl sites for hydroxylation is 1. The number of carboxylic acids is 1. The molecule has 0 aliphatic carbocycles. The molecule has 1 aromatic heterocycles. The zero-order valence-corrected chi connectivity index (χ0v) is 10.9. The summed E-state index contributed by atoms with van der Waals surface area (Å²) in [6.45, 7) is 3.65. The van der Waals surface area contributed by atoms with Crippen molar-refractivity contribution in [2.75, 3.05) is 0 Å². The fourth-order valence-corrected chi connectivity index (χ4v) is 1.89. The first-order chi connectivity index (χ1) is 8.00. The quantitative estimate of drug-likeness (QED) is 0.923. The lowest BCUT2D eigenvalue weighted by Gasteiger charge is -2.07. The minimum absolute atomic E-state index is 0.193. The molecule has 2 rings (SSSR count). The Morgan fingerprint density at radius 2 is 2.12 bits per heavy atom. The zero-order valence-electron chi connectivity index (χ0n) is 9.31.